The van der Waals surface area contributed by atoms with E-state index in [1.165, 1.54) is 5.56 Å². The smallest absolute Gasteiger partial charge is 0.119 e. The minimum atomic E-state index is 0.698. The van der Waals surface area contributed by atoms with Crippen LogP contribution in [0, 0.1) is 5.92 Å². The summed E-state index contributed by atoms with van der Waals surface area (Å²) in [5.41, 5.74) is 6.82. The minimum Gasteiger partial charge on any atom is -0.494 e. The highest BCUT2D eigenvalue weighted by atomic mass is 16.5. The summed E-state index contributed by atoms with van der Waals surface area (Å²) in [5, 5.41) is 6.83. The van der Waals surface area contributed by atoms with Crippen molar-refractivity contribution in [2.45, 2.75) is 39.5 Å². The first-order valence-corrected chi connectivity index (χ1v) is 9.05. The number of hydrogen-bond acceptors (Lipinski definition) is 4. The third-order valence-electron chi connectivity index (χ3n) is 3.60. The van der Waals surface area contributed by atoms with Gasteiger partial charge in [-0.05, 0) is 82.0 Å². The van der Waals surface area contributed by atoms with Crippen molar-refractivity contribution in [1.82, 2.24) is 10.6 Å². The number of hydrogen-bond donors (Lipinski definition) is 3. The van der Waals surface area contributed by atoms with Gasteiger partial charge in [-0.1, -0.05) is 26.0 Å². The Morgan fingerprint density at radius 3 is 2.13 bits per heavy atom. The fourth-order valence-corrected chi connectivity index (χ4v) is 2.40. The molecule has 23 heavy (non-hydrogen) atoms. The molecule has 1 aromatic rings. The molecule has 1 rings (SSSR count). The van der Waals surface area contributed by atoms with E-state index >= 15 is 0 Å². The van der Waals surface area contributed by atoms with Crippen molar-refractivity contribution in [3.05, 3.63) is 29.8 Å². The molecule has 0 aliphatic heterocycles. The summed E-state index contributed by atoms with van der Waals surface area (Å²) >= 11 is 0. The molecule has 0 saturated heterocycles. The Morgan fingerprint density at radius 2 is 1.52 bits per heavy atom. The Hall–Kier alpha value is -1.10. The molecule has 0 amide bonds. The summed E-state index contributed by atoms with van der Waals surface area (Å²) in [6, 6.07) is 8.51. The standard InChI is InChI=1S/C19H35N3O/c1-17(2)16-18-6-8-19(9-7-18)23-15-5-14-22-13-4-12-21-11-3-10-20/h6-9,17,21-22H,3-5,10-16,20H2,1-2H3. The van der Waals surface area contributed by atoms with Gasteiger partial charge in [0.15, 0.2) is 0 Å². The van der Waals surface area contributed by atoms with Crippen LogP contribution in [-0.4, -0.2) is 39.3 Å². The summed E-state index contributed by atoms with van der Waals surface area (Å²) in [7, 11) is 0. The van der Waals surface area contributed by atoms with Crippen LogP contribution in [0.15, 0.2) is 24.3 Å². The molecule has 0 atom stereocenters. The van der Waals surface area contributed by atoms with Crippen LogP contribution in [-0.2, 0) is 6.42 Å². The quantitative estimate of drug-likeness (QED) is 0.461. The summed E-state index contributed by atoms with van der Waals surface area (Å²) in [6.45, 7) is 10.2. The van der Waals surface area contributed by atoms with Gasteiger partial charge in [-0.15, -0.1) is 0 Å². The van der Waals surface area contributed by atoms with Crippen LogP contribution in [0.4, 0.5) is 0 Å². The Bertz CT molecular complexity index is 379. The number of ether oxygens (including phenoxy) is 1. The van der Waals surface area contributed by atoms with Crippen LogP contribution >= 0.6 is 0 Å². The van der Waals surface area contributed by atoms with E-state index in [1.807, 2.05) is 0 Å². The fourth-order valence-electron chi connectivity index (χ4n) is 2.40. The van der Waals surface area contributed by atoms with Crippen molar-refractivity contribution in [2.75, 3.05) is 39.3 Å². The van der Waals surface area contributed by atoms with E-state index in [0.717, 1.165) is 70.8 Å². The largest absolute Gasteiger partial charge is 0.494 e. The summed E-state index contributed by atoms with van der Waals surface area (Å²) < 4.78 is 5.77. The molecule has 4 heteroatoms. The highest BCUT2D eigenvalue weighted by Gasteiger charge is 1.99. The van der Waals surface area contributed by atoms with Crippen molar-refractivity contribution in [3.8, 4) is 5.75 Å². The van der Waals surface area contributed by atoms with Crippen LogP contribution < -0.4 is 21.1 Å². The van der Waals surface area contributed by atoms with E-state index in [2.05, 4.69) is 48.7 Å². The topological polar surface area (TPSA) is 59.3 Å². The summed E-state index contributed by atoms with van der Waals surface area (Å²) in [5.74, 6) is 1.67. The molecule has 0 aliphatic carbocycles. The predicted molar refractivity (Wildman–Crippen MR) is 99.1 cm³/mol. The molecule has 0 bridgehead atoms. The number of nitrogens with one attached hydrogen (secondary N) is 2. The lowest BCUT2D eigenvalue weighted by Crippen LogP contribution is -2.24. The van der Waals surface area contributed by atoms with Gasteiger partial charge in [-0.25, -0.2) is 0 Å². The second-order valence-electron chi connectivity index (χ2n) is 6.44. The van der Waals surface area contributed by atoms with Crippen molar-refractivity contribution >= 4 is 0 Å². The van der Waals surface area contributed by atoms with Gasteiger partial charge in [0.2, 0.25) is 0 Å². The normalized spacial score (nSPS) is 11.1. The van der Waals surface area contributed by atoms with Crippen LogP contribution in [0.5, 0.6) is 5.75 Å². The lowest BCUT2D eigenvalue weighted by atomic mass is 10.0. The molecule has 0 aromatic heterocycles. The molecule has 1 aromatic carbocycles. The second kappa shape index (κ2) is 13.3. The maximum Gasteiger partial charge on any atom is 0.119 e. The van der Waals surface area contributed by atoms with Gasteiger partial charge in [0.25, 0.3) is 0 Å². The van der Waals surface area contributed by atoms with E-state index in [1.54, 1.807) is 0 Å². The average molecular weight is 322 g/mol. The van der Waals surface area contributed by atoms with Gasteiger partial charge < -0.3 is 21.1 Å². The van der Waals surface area contributed by atoms with E-state index in [0.29, 0.717) is 5.92 Å². The molecule has 0 saturated carbocycles. The maximum absolute atomic E-state index is 5.77. The lowest BCUT2D eigenvalue weighted by molar-refractivity contribution is 0.308. The highest BCUT2D eigenvalue weighted by molar-refractivity contribution is 5.27. The molecule has 0 fully saturated rings. The first kappa shape index (κ1) is 19.9. The fraction of sp³-hybridized carbons (Fsp3) is 0.684. The van der Waals surface area contributed by atoms with Gasteiger partial charge in [-0.3, -0.25) is 0 Å². The Balaban J connectivity index is 1.94. The molecular weight excluding hydrogens is 286 g/mol. The van der Waals surface area contributed by atoms with E-state index in [4.69, 9.17) is 10.5 Å². The van der Waals surface area contributed by atoms with Gasteiger partial charge >= 0.3 is 0 Å². The van der Waals surface area contributed by atoms with Gasteiger partial charge in [0.05, 0.1) is 6.61 Å². The van der Waals surface area contributed by atoms with Crippen LogP contribution in [0.1, 0.15) is 38.7 Å². The van der Waals surface area contributed by atoms with Gasteiger partial charge in [-0.2, -0.15) is 0 Å². The maximum atomic E-state index is 5.77. The van der Waals surface area contributed by atoms with Crippen LogP contribution in [0.2, 0.25) is 0 Å². The van der Waals surface area contributed by atoms with Crippen molar-refractivity contribution < 1.29 is 4.74 Å². The molecule has 132 valence electrons. The van der Waals surface area contributed by atoms with E-state index < -0.39 is 0 Å². The van der Waals surface area contributed by atoms with E-state index in [-0.39, 0.29) is 0 Å². The minimum absolute atomic E-state index is 0.698. The SMILES string of the molecule is CC(C)Cc1ccc(OCCCNCCCNCCCN)cc1. The molecule has 0 aliphatic rings. The number of benzene rings is 1. The highest BCUT2D eigenvalue weighted by Crippen LogP contribution is 2.14. The third kappa shape index (κ3) is 11.1. The van der Waals surface area contributed by atoms with Gasteiger partial charge in [0.1, 0.15) is 5.75 Å². The molecular formula is C19H35N3O. The Labute approximate surface area is 142 Å². The van der Waals surface area contributed by atoms with Gasteiger partial charge in [0, 0.05) is 0 Å². The molecule has 4 N–H and O–H groups in total. The zero-order valence-electron chi connectivity index (χ0n) is 14.9. The van der Waals surface area contributed by atoms with Crippen molar-refractivity contribution in [3.63, 3.8) is 0 Å². The monoisotopic (exact) mass is 321 g/mol. The Morgan fingerprint density at radius 1 is 0.913 bits per heavy atom. The number of rotatable bonds is 14. The average Bonchev–Trinajstić information content (AvgIpc) is 2.53. The lowest BCUT2D eigenvalue weighted by Gasteiger charge is -2.09. The Kier molecular flexibility index (Phi) is 11.6. The van der Waals surface area contributed by atoms with Crippen molar-refractivity contribution in [2.24, 2.45) is 11.7 Å². The predicted octanol–water partition coefficient (Wildman–Crippen LogP) is 2.57. The molecule has 0 spiro atoms. The molecule has 0 unspecified atom stereocenters. The first-order chi connectivity index (χ1) is 11.2. The first-order valence-electron chi connectivity index (χ1n) is 9.05. The molecule has 0 radical (unpaired) electrons. The summed E-state index contributed by atoms with van der Waals surface area (Å²) in [6.07, 6.45) is 4.38. The molecule has 0 heterocycles. The van der Waals surface area contributed by atoms with Crippen molar-refractivity contribution in [1.29, 1.82) is 0 Å². The molecule has 4 nitrogen and oxygen atoms in total. The van der Waals surface area contributed by atoms with Crippen LogP contribution in [0.3, 0.4) is 0 Å². The van der Waals surface area contributed by atoms with Crippen LogP contribution in [0.25, 0.3) is 0 Å². The van der Waals surface area contributed by atoms with E-state index in [9.17, 15) is 0 Å². The third-order valence-corrected chi connectivity index (χ3v) is 3.60. The zero-order chi connectivity index (χ0) is 16.8. The summed E-state index contributed by atoms with van der Waals surface area (Å²) in [4.78, 5) is 0. The second-order valence-corrected chi connectivity index (χ2v) is 6.44. The number of nitrogens with two attached hydrogens (primary N) is 1. The zero-order valence-corrected chi connectivity index (χ0v) is 14.9.